The highest BCUT2D eigenvalue weighted by molar-refractivity contribution is 7.14. The van der Waals surface area contributed by atoms with Gasteiger partial charge in [-0.15, -0.1) is 11.3 Å². The molecule has 0 bridgehead atoms. The maximum Gasteiger partial charge on any atom is 0.271 e. The van der Waals surface area contributed by atoms with Crippen LogP contribution in [0.2, 0.25) is 0 Å². The lowest BCUT2D eigenvalue weighted by Gasteiger charge is -2.01. The molecule has 2 heterocycles. The lowest BCUT2D eigenvalue weighted by Crippen LogP contribution is -2.25. The van der Waals surface area contributed by atoms with Gasteiger partial charge in [0.15, 0.2) is 0 Å². The number of nitrogens with one attached hydrogen (secondary N) is 1. The van der Waals surface area contributed by atoms with Gasteiger partial charge in [-0.05, 0) is 18.4 Å². The quantitative estimate of drug-likeness (QED) is 0.862. The van der Waals surface area contributed by atoms with Gasteiger partial charge in [-0.25, -0.2) is 4.98 Å². The number of carbonyl (C=O) groups is 1. The summed E-state index contributed by atoms with van der Waals surface area (Å²) in [7, 11) is 0. The Kier molecular flexibility index (Phi) is 3.71. The van der Waals surface area contributed by atoms with Crippen molar-refractivity contribution in [1.82, 2.24) is 10.3 Å². The molecule has 2 aromatic rings. The fourth-order valence-corrected chi connectivity index (χ4v) is 2.73. The van der Waals surface area contributed by atoms with E-state index in [4.69, 9.17) is 0 Å². The van der Waals surface area contributed by atoms with Crippen LogP contribution >= 0.6 is 22.7 Å². The molecule has 0 aliphatic heterocycles. The summed E-state index contributed by atoms with van der Waals surface area (Å²) in [6.45, 7) is 6.10. The van der Waals surface area contributed by atoms with Crippen LogP contribution in [0, 0.1) is 0 Å². The monoisotopic (exact) mass is 264 g/mol. The fraction of sp³-hybridized carbons (Fsp3) is 0.167. The van der Waals surface area contributed by atoms with E-state index in [1.807, 2.05) is 23.8 Å². The molecule has 0 unspecified atom stereocenters. The first kappa shape index (κ1) is 12.0. The Balaban J connectivity index is 2.08. The van der Waals surface area contributed by atoms with E-state index in [-0.39, 0.29) is 5.91 Å². The van der Waals surface area contributed by atoms with Crippen LogP contribution in [0.4, 0.5) is 0 Å². The summed E-state index contributed by atoms with van der Waals surface area (Å²) in [5.41, 5.74) is 2.46. The average Bonchev–Trinajstić information content (AvgIpc) is 2.94. The van der Waals surface area contributed by atoms with Crippen molar-refractivity contribution in [3.63, 3.8) is 0 Å². The summed E-state index contributed by atoms with van der Waals surface area (Å²) < 4.78 is 0. The number of amides is 1. The molecule has 0 fully saturated rings. The summed E-state index contributed by atoms with van der Waals surface area (Å²) in [5, 5.41) is 9.44. The molecule has 17 heavy (non-hydrogen) atoms. The molecule has 0 radical (unpaired) electrons. The van der Waals surface area contributed by atoms with Gasteiger partial charge in [-0.3, -0.25) is 4.79 Å². The van der Waals surface area contributed by atoms with Gasteiger partial charge < -0.3 is 5.32 Å². The predicted molar refractivity (Wildman–Crippen MR) is 72.6 cm³/mol. The first-order chi connectivity index (χ1) is 8.16. The molecule has 1 amide bonds. The van der Waals surface area contributed by atoms with Crippen molar-refractivity contribution in [3.8, 4) is 10.6 Å². The fourth-order valence-electron chi connectivity index (χ4n) is 1.22. The standard InChI is InChI=1S/C12H12N2OS2/c1-8(2)5-13-11(15)10-7-17-12(14-10)9-3-4-16-6-9/h3-4,6-7H,1,5H2,2H3,(H,13,15). The number of rotatable bonds is 4. The van der Waals surface area contributed by atoms with Crippen molar-refractivity contribution in [1.29, 1.82) is 0 Å². The molecule has 0 saturated heterocycles. The van der Waals surface area contributed by atoms with E-state index in [0.29, 0.717) is 12.2 Å². The van der Waals surface area contributed by atoms with Crippen molar-refractivity contribution >= 4 is 28.6 Å². The lowest BCUT2D eigenvalue weighted by molar-refractivity contribution is 0.0953. The van der Waals surface area contributed by atoms with Crippen molar-refractivity contribution in [2.75, 3.05) is 6.54 Å². The molecule has 0 aromatic carbocycles. The Labute approximate surface area is 108 Å². The third-order valence-corrected chi connectivity index (χ3v) is 3.63. The van der Waals surface area contributed by atoms with Crippen LogP contribution in [0.25, 0.3) is 10.6 Å². The minimum atomic E-state index is -0.147. The van der Waals surface area contributed by atoms with Crippen LogP contribution in [0.1, 0.15) is 17.4 Å². The minimum absolute atomic E-state index is 0.147. The summed E-state index contributed by atoms with van der Waals surface area (Å²) in [4.78, 5) is 16.0. The highest BCUT2D eigenvalue weighted by Crippen LogP contribution is 2.25. The smallest absolute Gasteiger partial charge is 0.271 e. The second-order valence-electron chi connectivity index (χ2n) is 3.69. The average molecular weight is 264 g/mol. The van der Waals surface area contributed by atoms with Crippen molar-refractivity contribution in [3.05, 3.63) is 40.1 Å². The van der Waals surface area contributed by atoms with Gasteiger partial charge in [0.2, 0.25) is 0 Å². The number of carbonyl (C=O) groups excluding carboxylic acids is 1. The number of nitrogens with zero attached hydrogens (tertiary/aromatic N) is 1. The second kappa shape index (κ2) is 5.25. The number of aromatic nitrogens is 1. The zero-order valence-electron chi connectivity index (χ0n) is 9.40. The molecular weight excluding hydrogens is 252 g/mol. The Hall–Kier alpha value is -1.46. The molecule has 88 valence electrons. The van der Waals surface area contributed by atoms with E-state index >= 15 is 0 Å². The molecule has 3 nitrogen and oxygen atoms in total. The van der Waals surface area contributed by atoms with Crippen LogP contribution < -0.4 is 5.32 Å². The molecular formula is C12H12N2OS2. The number of thiophene rings is 1. The van der Waals surface area contributed by atoms with Gasteiger partial charge in [-0.2, -0.15) is 11.3 Å². The number of hydrogen-bond donors (Lipinski definition) is 1. The van der Waals surface area contributed by atoms with E-state index in [2.05, 4.69) is 16.9 Å². The predicted octanol–water partition coefficient (Wildman–Crippen LogP) is 3.18. The Morgan fingerprint density at radius 3 is 3.00 bits per heavy atom. The lowest BCUT2D eigenvalue weighted by atomic mass is 10.3. The van der Waals surface area contributed by atoms with Gasteiger partial charge in [0.05, 0.1) is 0 Å². The van der Waals surface area contributed by atoms with Gasteiger partial charge in [-0.1, -0.05) is 12.2 Å². The number of hydrogen-bond acceptors (Lipinski definition) is 4. The van der Waals surface area contributed by atoms with E-state index < -0.39 is 0 Å². The molecule has 0 spiro atoms. The van der Waals surface area contributed by atoms with Crippen molar-refractivity contribution in [2.24, 2.45) is 0 Å². The first-order valence-corrected chi connectivity index (χ1v) is 6.90. The normalized spacial score (nSPS) is 10.2. The maximum absolute atomic E-state index is 11.7. The second-order valence-corrected chi connectivity index (χ2v) is 5.33. The van der Waals surface area contributed by atoms with Gasteiger partial charge in [0.1, 0.15) is 10.7 Å². The summed E-state index contributed by atoms with van der Waals surface area (Å²) in [6.07, 6.45) is 0. The highest BCUT2D eigenvalue weighted by atomic mass is 32.1. The molecule has 0 aliphatic carbocycles. The van der Waals surface area contributed by atoms with E-state index in [1.165, 1.54) is 11.3 Å². The molecule has 0 saturated carbocycles. The SMILES string of the molecule is C=C(C)CNC(=O)c1csc(-c2ccsc2)n1. The van der Waals surface area contributed by atoms with Crippen LogP contribution in [0.5, 0.6) is 0 Å². The highest BCUT2D eigenvalue weighted by Gasteiger charge is 2.11. The van der Waals surface area contributed by atoms with Crippen LogP contribution in [0.15, 0.2) is 34.4 Å². The molecule has 0 aliphatic rings. The minimum Gasteiger partial charge on any atom is -0.347 e. The number of thiazole rings is 1. The summed E-state index contributed by atoms with van der Waals surface area (Å²) in [5.74, 6) is -0.147. The molecule has 5 heteroatoms. The maximum atomic E-state index is 11.7. The molecule has 2 aromatic heterocycles. The Bertz CT molecular complexity index is 528. The van der Waals surface area contributed by atoms with Crippen molar-refractivity contribution < 1.29 is 4.79 Å². The Morgan fingerprint density at radius 2 is 2.35 bits per heavy atom. The summed E-state index contributed by atoms with van der Waals surface area (Å²) in [6, 6.07) is 2.00. The molecule has 1 N–H and O–H groups in total. The van der Waals surface area contributed by atoms with Gasteiger partial charge >= 0.3 is 0 Å². The first-order valence-electron chi connectivity index (χ1n) is 5.07. The van der Waals surface area contributed by atoms with Crippen LogP contribution in [-0.4, -0.2) is 17.4 Å². The van der Waals surface area contributed by atoms with Gasteiger partial charge in [0.25, 0.3) is 5.91 Å². The topological polar surface area (TPSA) is 42.0 Å². The van der Waals surface area contributed by atoms with Crippen molar-refractivity contribution in [2.45, 2.75) is 6.92 Å². The third kappa shape index (κ3) is 3.01. The third-order valence-electron chi connectivity index (χ3n) is 2.06. The van der Waals surface area contributed by atoms with Crippen LogP contribution in [-0.2, 0) is 0 Å². The largest absolute Gasteiger partial charge is 0.347 e. The molecule has 0 atom stereocenters. The Morgan fingerprint density at radius 1 is 1.53 bits per heavy atom. The van der Waals surface area contributed by atoms with Gasteiger partial charge in [0, 0.05) is 22.9 Å². The van der Waals surface area contributed by atoms with E-state index in [0.717, 1.165) is 16.1 Å². The zero-order valence-corrected chi connectivity index (χ0v) is 11.0. The molecule has 2 rings (SSSR count). The summed E-state index contributed by atoms with van der Waals surface area (Å²) >= 11 is 3.10. The van der Waals surface area contributed by atoms with E-state index in [1.54, 1.807) is 16.7 Å². The van der Waals surface area contributed by atoms with E-state index in [9.17, 15) is 4.79 Å². The zero-order chi connectivity index (χ0) is 12.3. The van der Waals surface area contributed by atoms with Crippen LogP contribution in [0.3, 0.4) is 0 Å².